The van der Waals surface area contributed by atoms with Gasteiger partial charge in [-0.1, -0.05) is 48.5 Å². The Hall–Kier alpha value is -3.25. The molecule has 10 nitrogen and oxygen atoms in total. The maximum absolute atomic E-state index is 11.3. The molecule has 0 aliphatic rings. The molecule has 2 rings (SSSR count). The van der Waals surface area contributed by atoms with E-state index in [4.69, 9.17) is 20.4 Å². The average molecular weight is 503 g/mol. The molecule has 0 fully saturated rings. The van der Waals surface area contributed by atoms with Crippen molar-refractivity contribution in [3.63, 3.8) is 0 Å². The number of para-hydroxylation sites is 2. The molecule has 4 atom stereocenters. The zero-order valence-electron chi connectivity index (χ0n) is 17.7. The smallest absolute Gasteiger partial charge is 0.872 e. The van der Waals surface area contributed by atoms with Gasteiger partial charge in [-0.25, -0.2) is 9.59 Å². The molecule has 11 heteroatoms. The number of aliphatic hydroxyl groups excluding tert-OH is 2. The van der Waals surface area contributed by atoms with Crippen molar-refractivity contribution in [1.29, 1.82) is 0 Å². The van der Waals surface area contributed by atoms with Crippen LogP contribution in [0.2, 0.25) is 0 Å². The van der Waals surface area contributed by atoms with E-state index in [1.165, 1.54) is 50.5 Å². The van der Waals surface area contributed by atoms with Gasteiger partial charge in [0.1, 0.15) is 0 Å². The summed E-state index contributed by atoms with van der Waals surface area (Å²) in [5, 5.41) is 58.3. The molecule has 0 spiro atoms. The van der Waals surface area contributed by atoms with Crippen molar-refractivity contribution in [2.75, 3.05) is 0 Å². The Kier molecular flexibility index (Phi) is 13.3. The second-order valence-corrected chi connectivity index (χ2v) is 6.68. The second-order valence-electron chi connectivity index (χ2n) is 6.68. The summed E-state index contributed by atoms with van der Waals surface area (Å²) in [7, 11) is 0. The van der Waals surface area contributed by atoms with Gasteiger partial charge in [0.2, 0.25) is 0 Å². The Morgan fingerprint density at radius 3 is 1.30 bits per heavy atom. The normalized spacial score (nSPS) is 14.4. The first kappa shape index (κ1) is 29.7. The predicted octanol–water partition coefficient (Wildman–Crippen LogP) is 0.0237. The first-order chi connectivity index (χ1) is 15.0. The Labute approximate surface area is 200 Å². The van der Waals surface area contributed by atoms with Gasteiger partial charge in [-0.3, -0.25) is 9.98 Å². The molecule has 0 saturated heterocycles. The van der Waals surface area contributed by atoms with Crippen molar-refractivity contribution in [1.82, 2.24) is 0 Å². The summed E-state index contributed by atoms with van der Waals surface area (Å²) in [6, 6.07) is 9.77. The molecule has 0 aromatic heterocycles. The van der Waals surface area contributed by atoms with Gasteiger partial charge in [0, 0.05) is 12.4 Å². The van der Waals surface area contributed by atoms with E-state index in [-0.39, 0.29) is 28.3 Å². The van der Waals surface area contributed by atoms with Gasteiger partial charge >= 0.3 is 28.7 Å². The van der Waals surface area contributed by atoms with E-state index in [2.05, 4.69) is 9.98 Å². The number of hydrogen-bond acceptors (Lipinski definition) is 8. The van der Waals surface area contributed by atoms with Crippen molar-refractivity contribution in [2.24, 2.45) is 9.98 Å². The van der Waals surface area contributed by atoms with Crippen LogP contribution in [0.3, 0.4) is 0 Å². The number of carboxylic acid groups (broad SMARTS) is 2. The SMILES string of the molecule is CC(O)C(N=Cc1ccccc1[O-])C(=O)O.CC(O)C(N=Cc1ccccc1[O-])C(=O)O.[Co+2]. The van der Waals surface area contributed by atoms with Crippen molar-refractivity contribution < 1.29 is 57.0 Å². The molecule has 179 valence electrons. The number of carbonyl (C=O) groups is 2. The Morgan fingerprint density at radius 1 is 0.758 bits per heavy atom. The number of rotatable bonds is 8. The zero-order chi connectivity index (χ0) is 24.3. The summed E-state index contributed by atoms with van der Waals surface area (Å²) in [4.78, 5) is 28.7. The van der Waals surface area contributed by atoms with Gasteiger partial charge in [0.05, 0.1) is 12.2 Å². The monoisotopic (exact) mass is 503 g/mol. The number of aliphatic carboxylic acids is 2. The number of benzene rings is 2. The zero-order valence-corrected chi connectivity index (χ0v) is 18.8. The third-order valence-electron chi connectivity index (χ3n) is 4.01. The molecule has 33 heavy (non-hydrogen) atoms. The molecule has 0 amide bonds. The van der Waals surface area contributed by atoms with Gasteiger partial charge in [-0.05, 0) is 25.0 Å². The molecule has 0 bridgehead atoms. The Morgan fingerprint density at radius 2 is 1.06 bits per heavy atom. The molecule has 0 saturated carbocycles. The topological polar surface area (TPSA) is 186 Å². The number of aliphatic imine (C=N–C) groups is 2. The standard InChI is InChI=1S/2C11H13NO4.Co/c2*1-7(13)10(11(15)16)12-6-8-4-2-3-5-9(8)14;/h2*2-7,10,13-14H,1H3,(H,15,16);/q;;+2/p-2. The van der Waals surface area contributed by atoms with Crippen LogP contribution in [-0.4, -0.2) is 69.1 Å². The van der Waals surface area contributed by atoms with Crippen LogP contribution < -0.4 is 10.2 Å². The fourth-order valence-electron chi connectivity index (χ4n) is 2.28. The van der Waals surface area contributed by atoms with E-state index in [0.29, 0.717) is 11.1 Å². The minimum Gasteiger partial charge on any atom is -0.872 e. The quantitative estimate of drug-likeness (QED) is 0.363. The van der Waals surface area contributed by atoms with Gasteiger partial charge in [0.25, 0.3) is 0 Å². The third-order valence-corrected chi connectivity index (χ3v) is 4.01. The van der Waals surface area contributed by atoms with Crippen molar-refractivity contribution in [3.8, 4) is 11.5 Å². The molecule has 0 aliphatic heterocycles. The van der Waals surface area contributed by atoms with Crippen LogP contribution >= 0.6 is 0 Å². The van der Waals surface area contributed by atoms with E-state index >= 15 is 0 Å². The van der Waals surface area contributed by atoms with Crippen LogP contribution in [0, 0.1) is 0 Å². The van der Waals surface area contributed by atoms with E-state index in [9.17, 15) is 19.8 Å². The largest absolute Gasteiger partial charge is 2.00 e. The van der Waals surface area contributed by atoms with Crippen LogP contribution in [0.25, 0.3) is 0 Å². The molecule has 0 aliphatic carbocycles. The van der Waals surface area contributed by atoms with Gasteiger partial charge in [-0.2, -0.15) is 0 Å². The third kappa shape index (κ3) is 10.3. The van der Waals surface area contributed by atoms with Crippen LogP contribution in [-0.2, 0) is 26.4 Å². The van der Waals surface area contributed by atoms with Gasteiger partial charge < -0.3 is 30.6 Å². The first-order valence-corrected chi connectivity index (χ1v) is 9.44. The van der Waals surface area contributed by atoms with Crippen molar-refractivity contribution in [2.45, 2.75) is 38.1 Å². The van der Waals surface area contributed by atoms with E-state index in [1.54, 1.807) is 24.3 Å². The molecule has 4 unspecified atom stereocenters. The van der Waals surface area contributed by atoms with E-state index in [0.717, 1.165) is 0 Å². The molecule has 2 aromatic rings. The maximum atomic E-state index is 11.3. The van der Waals surface area contributed by atoms with Crippen LogP contribution in [0.1, 0.15) is 25.0 Å². The summed E-state index contributed by atoms with van der Waals surface area (Å²) in [5.41, 5.74) is 0.601. The van der Waals surface area contributed by atoms with Crippen molar-refractivity contribution >= 4 is 24.4 Å². The molecule has 2 aromatic carbocycles. The first-order valence-electron chi connectivity index (χ1n) is 9.44. The van der Waals surface area contributed by atoms with E-state index in [1.807, 2.05) is 0 Å². The minimum atomic E-state index is -1.25. The van der Waals surface area contributed by atoms with Crippen LogP contribution in [0.15, 0.2) is 58.5 Å². The van der Waals surface area contributed by atoms with E-state index < -0.39 is 36.2 Å². The molecule has 0 heterocycles. The number of aliphatic hydroxyl groups is 2. The summed E-state index contributed by atoms with van der Waals surface area (Å²) >= 11 is 0. The fourth-order valence-corrected chi connectivity index (χ4v) is 2.28. The van der Waals surface area contributed by atoms with Gasteiger partial charge in [-0.15, -0.1) is 11.5 Å². The summed E-state index contributed by atoms with van der Waals surface area (Å²) in [6.45, 7) is 2.67. The Balaban J connectivity index is 0.000000602. The number of hydrogen-bond donors (Lipinski definition) is 4. The molecule has 4 N–H and O–H groups in total. The molecule has 1 radical (unpaired) electrons. The van der Waals surface area contributed by atoms with Crippen molar-refractivity contribution in [3.05, 3.63) is 59.7 Å². The maximum Gasteiger partial charge on any atom is 2.00 e. The number of nitrogens with zero attached hydrogens (tertiary/aromatic N) is 2. The Bertz CT molecular complexity index is 885. The van der Waals surface area contributed by atoms with Gasteiger partial charge in [0.15, 0.2) is 12.1 Å². The predicted molar refractivity (Wildman–Crippen MR) is 113 cm³/mol. The minimum absolute atomic E-state index is 0. The second kappa shape index (κ2) is 14.7. The van der Waals surface area contributed by atoms with Crippen LogP contribution in [0.4, 0.5) is 0 Å². The number of carboxylic acids is 2. The summed E-state index contributed by atoms with van der Waals surface area (Å²) in [6.07, 6.45) is 0.141. The van der Waals surface area contributed by atoms with Crippen LogP contribution in [0.5, 0.6) is 11.5 Å². The molecular formula is C22H24CoN2O8. The average Bonchev–Trinajstić information content (AvgIpc) is 2.70. The summed E-state index contributed by atoms with van der Waals surface area (Å²) < 4.78 is 0. The summed E-state index contributed by atoms with van der Waals surface area (Å²) in [5.74, 6) is -2.92. The fraction of sp³-hybridized carbons (Fsp3) is 0.273. The molecular weight excluding hydrogens is 479 g/mol.